The van der Waals surface area contributed by atoms with E-state index in [1.165, 1.54) is 18.2 Å². The lowest BCUT2D eigenvalue weighted by Gasteiger charge is -2.39. The number of primary amides is 1. The molecule has 2 N–H and O–H groups in total. The van der Waals surface area contributed by atoms with Gasteiger partial charge in [0.1, 0.15) is 23.3 Å². The number of halogens is 4. The van der Waals surface area contributed by atoms with Crippen molar-refractivity contribution in [2.24, 2.45) is 5.73 Å². The lowest BCUT2D eigenvalue weighted by molar-refractivity contribution is -0.126. The van der Waals surface area contributed by atoms with E-state index in [0.29, 0.717) is 31.2 Å². The van der Waals surface area contributed by atoms with Crippen molar-refractivity contribution in [2.45, 2.75) is 49.4 Å². The van der Waals surface area contributed by atoms with Gasteiger partial charge >= 0.3 is 0 Å². The fourth-order valence-electron chi connectivity index (χ4n) is 3.91. The van der Waals surface area contributed by atoms with Crippen LogP contribution >= 0.6 is 0 Å². The zero-order chi connectivity index (χ0) is 21.2. The Hall–Kier alpha value is -2.88. The maximum absolute atomic E-state index is 13.5. The van der Waals surface area contributed by atoms with Crippen LogP contribution in [0.1, 0.15) is 49.7 Å². The van der Waals surface area contributed by atoms with Crippen molar-refractivity contribution >= 4 is 5.91 Å². The fourth-order valence-corrected chi connectivity index (χ4v) is 3.91. The second kappa shape index (κ2) is 7.86. The summed E-state index contributed by atoms with van der Waals surface area (Å²) < 4.78 is 52.2. The number of nitrogens with two attached hydrogens (primary N) is 1. The number of hydrogen-bond donors (Lipinski definition) is 1. The van der Waals surface area contributed by atoms with Gasteiger partial charge in [0.25, 0.3) is 0 Å². The second-order valence-electron chi connectivity index (χ2n) is 7.60. The topological polar surface area (TPSA) is 66.9 Å². The zero-order valence-electron chi connectivity index (χ0n) is 15.7. The normalized spacial score (nSPS) is 18.3. The van der Waals surface area contributed by atoms with Crippen molar-refractivity contribution in [3.05, 3.63) is 70.8 Å². The van der Waals surface area contributed by atoms with Gasteiger partial charge in [0.15, 0.2) is 0 Å². The number of amides is 1. The molecule has 0 unspecified atom stereocenters. The summed E-state index contributed by atoms with van der Waals surface area (Å²) in [6.45, 7) is 0. The molecule has 2 fully saturated rings. The van der Waals surface area contributed by atoms with Gasteiger partial charge in [-0.2, -0.15) is 5.26 Å². The third-order valence-corrected chi connectivity index (χ3v) is 5.99. The van der Waals surface area contributed by atoms with Crippen LogP contribution in [0.5, 0.6) is 0 Å². The summed E-state index contributed by atoms with van der Waals surface area (Å²) in [7, 11) is 0. The highest BCUT2D eigenvalue weighted by Crippen LogP contribution is 2.45. The quantitative estimate of drug-likeness (QED) is 0.748. The summed E-state index contributed by atoms with van der Waals surface area (Å²) in [6, 6.07) is 8.81. The van der Waals surface area contributed by atoms with Gasteiger partial charge in [-0.25, -0.2) is 17.6 Å². The minimum Gasteiger partial charge on any atom is -0.369 e. The van der Waals surface area contributed by atoms with Gasteiger partial charge in [-0.15, -0.1) is 0 Å². The summed E-state index contributed by atoms with van der Waals surface area (Å²) in [5, 5.41) is 8.97. The highest BCUT2D eigenvalue weighted by Gasteiger charge is 2.46. The summed E-state index contributed by atoms with van der Waals surface area (Å²) in [6.07, 6.45) is 4.22. The number of nitriles is 1. The maximum Gasteiger partial charge on any atom is 0.228 e. The first-order chi connectivity index (χ1) is 13.7. The van der Waals surface area contributed by atoms with E-state index in [4.69, 9.17) is 11.0 Å². The van der Waals surface area contributed by atoms with Gasteiger partial charge in [0.2, 0.25) is 5.91 Å². The molecule has 2 aliphatic rings. The predicted octanol–water partition coefficient (Wildman–Crippen LogP) is 4.78. The largest absolute Gasteiger partial charge is 0.369 e. The van der Waals surface area contributed by atoms with Crippen LogP contribution in [0.25, 0.3) is 0 Å². The molecule has 0 aliphatic heterocycles. The second-order valence-corrected chi connectivity index (χ2v) is 7.60. The smallest absolute Gasteiger partial charge is 0.228 e. The van der Waals surface area contributed by atoms with Crippen molar-refractivity contribution in [1.82, 2.24) is 0 Å². The lowest BCUT2D eigenvalue weighted by Crippen LogP contribution is -2.47. The van der Waals surface area contributed by atoms with Crippen LogP contribution in [0.2, 0.25) is 0 Å². The molecule has 152 valence electrons. The van der Waals surface area contributed by atoms with Crippen LogP contribution in [0.4, 0.5) is 17.6 Å². The third kappa shape index (κ3) is 3.71. The van der Waals surface area contributed by atoms with Crippen LogP contribution in [0.3, 0.4) is 0 Å². The molecular weight excluding hydrogens is 384 g/mol. The van der Waals surface area contributed by atoms with Crippen LogP contribution in [-0.4, -0.2) is 5.91 Å². The molecule has 2 aromatic rings. The maximum atomic E-state index is 13.5. The molecule has 3 nitrogen and oxygen atoms in total. The number of carbonyl (C=O) groups excluding carboxylic acids is 1. The molecule has 0 aromatic heterocycles. The Bertz CT molecular complexity index is 975. The van der Waals surface area contributed by atoms with E-state index in [-0.39, 0.29) is 5.56 Å². The van der Waals surface area contributed by atoms with Crippen molar-refractivity contribution < 1.29 is 22.4 Å². The van der Waals surface area contributed by atoms with Crippen LogP contribution in [-0.2, 0) is 15.6 Å². The third-order valence-electron chi connectivity index (χ3n) is 5.99. The van der Waals surface area contributed by atoms with Gasteiger partial charge in [0, 0.05) is 23.3 Å². The van der Waals surface area contributed by atoms with Crippen molar-refractivity contribution in [1.29, 1.82) is 5.26 Å². The molecule has 4 rings (SSSR count). The number of carbonyl (C=O) groups is 1. The molecule has 0 heterocycles. The SMILES string of the molecule is N#CC1(c2ccc(F)cc2F)CCC1.NC(=O)C1(c2ccc(F)cc2F)CCC1. The minimum atomic E-state index is -0.905. The van der Waals surface area contributed by atoms with Gasteiger partial charge < -0.3 is 5.73 Å². The standard InChI is InChI=1S/C11H11F2NO.C11H9F2N/c12-7-2-3-8(9(13)6-7)11(10(14)15)4-1-5-11;12-8-2-3-9(10(13)6-8)11(7-14)4-1-5-11/h2-3,6H,1,4-5H2,(H2,14,15);2-3,6H,1,4-5H2. The first kappa shape index (κ1) is 20.8. The Morgan fingerprint density at radius 3 is 1.66 bits per heavy atom. The molecule has 0 atom stereocenters. The van der Waals surface area contributed by atoms with Crippen molar-refractivity contribution in [2.75, 3.05) is 0 Å². The van der Waals surface area contributed by atoms with Gasteiger partial charge in [0.05, 0.1) is 16.9 Å². The van der Waals surface area contributed by atoms with Gasteiger partial charge in [-0.3, -0.25) is 4.79 Å². The molecule has 7 heteroatoms. The molecule has 2 aliphatic carbocycles. The van der Waals surface area contributed by atoms with Crippen molar-refractivity contribution in [3.63, 3.8) is 0 Å². The van der Waals surface area contributed by atoms with E-state index >= 15 is 0 Å². The Balaban J connectivity index is 0.000000166. The molecule has 0 radical (unpaired) electrons. The number of rotatable bonds is 3. The fraction of sp³-hybridized carbons (Fsp3) is 0.364. The van der Waals surface area contributed by atoms with E-state index in [9.17, 15) is 22.4 Å². The Labute approximate surface area is 166 Å². The monoisotopic (exact) mass is 404 g/mol. The molecule has 0 spiro atoms. The highest BCUT2D eigenvalue weighted by molar-refractivity contribution is 5.87. The Kier molecular flexibility index (Phi) is 5.65. The predicted molar refractivity (Wildman–Crippen MR) is 98.6 cm³/mol. The summed E-state index contributed by atoms with van der Waals surface area (Å²) in [5.41, 5.74) is 4.24. The first-order valence-corrected chi connectivity index (χ1v) is 9.36. The van der Waals surface area contributed by atoms with Crippen LogP contribution in [0.15, 0.2) is 36.4 Å². The number of nitrogens with zero attached hydrogens (tertiary/aromatic N) is 1. The molecule has 0 saturated heterocycles. The molecule has 1 amide bonds. The van der Waals surface area contributed by atoms with Crippen molar-refractivity contribution in [3.8, 4) is 6.07 Å². The zero-order valence-corrected chi connectivity index (χ0v) is 15.7. The van der Waals surface area contributed by atoms with Crippen LogP contribution < -0.4 is 5.73 Å². The molecule has 0 bridgehead atoms. The summed E-state index contributed by atoms with van der Waals surface area (Å²) in [5.74, 6) is -3.06. The summed E-state index contributed by atoms with van der Waals surface area (Å²) >= 11 is 0. The minimum absolute atomic E-state index is 0.225. The lowest BCUT2D eigenvalue weighted by atomic mass is 9.64. The number of hydrogen-bond acceptors (Lipinski definition) is 2. The van der Waals surface area contributed by atoms with E-state index in [0.717, 1.165) is 31.0 Å². The molecule has 2 saturated carbocycles. The molecular formula is C22H20F4N2O. The van der Waals surface area contributed by atoms with E-state index in [1.54, 1.807) is 0 Å². The highest BCUT2D eigenvalue weighted by atomic mass is 19.1. The average Bonchev–Trinajstić information content (AvgIpc) is 2.57. The number of benzene rings is 2. The Morgan fingerprint density at radius 1 is 0.862 bits per heavy atom. The van der Waals surface area contributed by atoms with E-state index < -0.39 is 40.0 Å². The first-order valence-electron chi connectivity index (χ1n) is 9.36. The van der Waals surface area contributed by atoms with E-state index in [1.807, 2.05) is 0 Å². The Morgan fingerprint density at radius 2 is 1.34 bits per heavy atom. The molecule has 2 aromatic carbocycles. The average molecular weight is 404 g/mol. The van der Waals surface area contributed by atoms with Gasteiger partial charge in [-0.05, 0) is 44.2 Å². The van der Waals surface area contributed by atoms with E-state index in [2.05, 4.69) is 6.07 Å². The summed E-state index contributed by atoms with van der Waals surface area (Å²) in [4.78, 5) is 11.3. The van der Waals surface area contributed by atoms with Crippen LogP contribution in [0, 0.1) is 34.6 Å². The van der Waals surface area contributed by atoms with Gasteiger partial charge in [-0.1, -0.05) is 18.6 Å². The molecule has 29 heavy (non-hydrogen) atoms.